The predicted octanol–water partition coefficient (Wildman–Crippen LogP) is 1.50. The van der Waals surface area contributed by atoms with Gasteiger partial charge in [0, 0.05) is 17.6 Å². The van der Waals surface area contributed by atoms with E-state index in [1.807, 2.05) is 24.5 Å². The zero-order chi connectivity index (χ0) is 7.40. The molecule has 2 nitrogen and oxygen atoms in total. The van der Waals surface area contributed by atoms with E-state index < -0.39 is 0 Å². The van der Waals surface area contributed by atoms with E-state index in [1.165, 1.54) is 0 Å². The van der Waals surface area contributed by atoms with Crippen LogP contribution in [0.2, 0.25) is 0 Å². The molecule has 1 aromatic rings. The molecule has 1 unspecified atom stereocenters. The van der Waals surface area contributed by atoms with Crippen LogP contribution in [0, 0.1) is 0 Å². The van der Waals surface area contributed by atoms with Gasteiger partial charge < -0.3 is 5.73 Å². The molecule has 0 amide bonds. The number of rotatable bonds is 2. The molecule has 1 heterocycles. The molecule has 2 N–H and O–H groups in total. The molecule has 0 aliphatic carbocycles. The summed E-state index contributed by atoms with van der Waals surface area (Å²) in [5.41, 5.74) is 5.50. The number of aromatic nitrogens is 1. The number of hydrogen-bond acceptors (Lipinski definition) is 3. The molecule has 3 heteroatoms. The molecule has 0 saturated heterocycles. The van der Waals surface area contributed by atoms with Crippen molar-refractivity contribution < 1.29 is 0 Å². The third-order valence-corrected chi connectivity index (χ3v) is 1.73. The molecular formula is C7H10N2S. The first-order valence-electron chi connectivity index (χ1n) is 3.12. The summed E-state index contributed by atoms with van der Waals surface area (Å²) in [4.78, 5) is 4.06. The van der Waals surface area contributed by atoms with Crippen LogP contribution >= 0.6 is 11.3 Å². The van der Waals surface area contributed by atoms with Gasteiger partial charge in [0.25, 0.3) is 0 Å². The highest BCUT2D eigenvalue weighted by atomic mass is 32.1. The first-order chi connectivity index (χ1) is 4.79. The summed E-state index contributed by atoms with van der Waals surface area (Å²) < 4.78 is 0. The number of nitrogens with zero attached hydrogens (tertiary/aromatic N) is 1. The Morgan fingerprint density at radius 1 is 1.80 bits per heavy atom. The van der Waals surface area contributed by atoms with Gasteiger partial charge in [0.15, 0.2) is 0 Å². The van der Waals surface area contributed by atoms with E-state index in [2.05, 4.69) is 4.98 Å². The summed E-state index contributed by atoms with van der Waals surface area (Å²) in [5.74, 6) is 0. The van der Waals surface area contributed by atoms with Gasteiger partial charge in [-0.3, -0.25) is 0 Å². The lowest BCUT2D eigenvalue weighted by atomic mass is 10.3. The highest BCUT2D eigenvalue weighted by molar-refractivity contribution is 7.10. The predicted molar refractivity (Wildman–Crippen MR) is 44.8 cm³/mol. The third-order valence-electron chi connectivity index (χ3n) is 0.994. The van der Waals surface area contributed by atoms with Crippen LogP contribution in [0.15, 0.2) is 17.7 Å². The van der Waals surface area contributed by atoms with Gasteiger partial charge in [-0.2, -0.15) is 0 Å². The molecule has 10 heavy (non-hydrogen) atoms. The molecule has 1 atom stereocenters. The Hall–Kier alpha value is -0.670. The van der Waals surface area contributed by atoms with E-state index in [0.717, 1.165) is 5.01 Å². The van der Waals surface area contributed by atoms with Crippen LogP contribution in [0.25, 0.3) is 6.08 Å². The van der Waals surface area contributed by atoms with Crippen LogP contribution in [0.1, 0.15) is 11.9 Å². The first-order valence-corrected chi connectivity index (χ1v) is 4.00. The van der Waals surface area contributed by atoms with Crippen molar-refractivity contribution in [3.63, 3.8) is 0 Å². The Bertz CT molecular complexity index is 201. The summed E-state index contributed by atoms with van der Waals surface area (Å²) in [7, 11) is 0. The Balaban J connectivity index is 2.55. The van der Waals surface area contributed by atoms with E-state index in [4.69, 9.17) is 5.73 Å². The molecule has 0 saturated carbocycles. The Morgan fingerprint density at radius 3 is 3.10 bits per heavy atom. The fraction of sp³-hybridized carbons (Fsp3) is 0.286. The van der Waals surface area contributed by atoms with Crippen LogP contribution in [0.5, 0.6) is 0 Å². The van der Waals surface area contributed by atoms with Gasteiger partial charge in [-0.15, -0.1) is 11.3 Å². The summed E-state index contributed by atoms with van der Waals surface area (Å²) in [6.07, 6.45) is 5.65. The Morgan fingerprint density at radius 2 is 2.60 bits per heavy atom. The average Bonchev–Trinajstić information content (AvgIpc) is 2.34. The van der Waals surface area contributed by atoms with Gasteiger partial charge in [0.2, 0.25) is 0 Å². The molecule has 0 spiro atoms. The lowest BCUT2D eigenvalue weighted by Gasteiger charge is -1.90. The molecule has 1 aromatic heterocycles. The van der Waals surface area contributed by atoms with Crippen LogP contribution in [-0.4, -0.2) is 11.0 Å². The fourth-order valence-corrected chi connectivity index (χ4v) is 1.09. The highest BCUT2D eigenvalue weighted by Gasteiger charge is 1.87. The minimum absolute atomic E-state index is 0.115. The van der Waals surface area contributed by atoms with E-state index >= 15 is 0 Å². The maximum absolute atomic E-state index is 5.50. The van der Waals surface area contributed by atoms with E-state index in [0.29, 0.717) is 0 Å². The quantitative estimate of drug-likeness (QED) is 0.701. The fourth-order valence-electron chi connectivity index (χ4n) is 0.551. The van der Waals surface area contributed by atoms with Crippen molar-refractivity contribution in [1.29, 1.82) is 0 Å². The molecule has 54 valence electrons. The SMILES string of the molecule is CC(N)/C=C/c1nccs1. The summed E-state index contributed by atoms with van der Waals surface area (Å²) in [6.45, 7) is 1.93. The molecule has 0 aliphatic rings. The first kappa shape index (κ1) is 7.44. The third kappa shape index (κ3) is 2.29. The molecule has 0 aromatic carbocycles. The van der Waals surface area contributed by atoms with E-state index in [-0.39, 0.29) is 6.04 Å². The maximum Gasteiger partial charge on any atom is 0.115 e. The topological polar surface area (TPSA) is 38.9 Å². The molecule has 0 aliphatic heterocycles. The Labute approximate surface area is 64.4 Å². The summed E-state index contributed by atoms with van der Waals surface area (Å²) in [6, 6.07) is 0.115. The van der Waals surface area contributed by atoms with Crippen molar-refractivity contribution >= 4 is 17.4 Å². The number of thiazole rings is 1. The minimum Gasteiger partial charge on any atom is -0.325 e. The molecule has 0 bridgehead atoms. The van der Waals surface area contributed by atoms with E-state index in [9.17, 15) is 0 Å². The maximum atomic E-state index is 5.50. The average molecular weight is 154 g/mol. The number of hydrogen-bond donors (Lipinski definition) is 1. The van der Waals surface area contributed by atoms with Crippen molar-refractivity contribution in [2.45, 2.75) is 13.0 Å². The lowest BCUT2D eigenvalue weighted by molar-refractivity contribution is 0.930. The normalized spacial score (nSPS) is 14.2. The largest absolute Gasteiger partial charge is 0.325 e. The van der Waals surface area contributed by atoms with Gasteiger partial charge in [-0.05, 0) is 13.0 Å². The van der Waals surface area contributed by atoms with Gasteiger partial charge in [-0.1, -0.05) is 6.08 Å². The van der Waals surface area contributed by atoms with Gasteiger partial charge >= 0.3 is 0 Å². The molecule has 0 radical (unpaired) electrons. The highest BCUT2D eigenvalue weighted by Crippen LogP contribution is 2.05. The minimum atomic E-state index is 0.115. The van der Waals surface area contributed by atoms with Crippen molar-refractivity contribution in [3.8, 4) is 0 Å². The monoisotopic (exact) mass is 154 g/mol. The van der Waals surface area contributed by atoms with Crippen LogP contribution in [-0.2, 0) is 0 Å². The van der Waals surface area contributed by atoms with Crippen LogP contribution in [0.4, 0.5) is 0 Å². The van der Waals surface area contributed by atoms with Crippen LogP contribution in [0.3, 0.4) is 0 Å². The van der Waals surface area contributed by atoms with Crippen LogP contribution < -0.4 is 5.73 Å². The zero-order valence-corrected chi connectivity index (χ0v) is 6.64. The smallest absolute Gasteiger partial charge is 0.115 e. The Kier molecular flexibility index (Phi) is 2.59. The van der Waals surface area contributed by atoms with Gasteiger partial charge in [0.1, 0.15) is 5.01 Å². The van der Waals surface area contributed by atoms with Crippen molar-refractivity contribution in [3.05, 3.63) is 22.7 Å². The molecule has 0 fully saturated rings. The van der Waals surface area contributed by atoms with Gasteiger partial charge in [-0.25, -0.2) is 4.98 Å². The summed E-state index contributed by atoms with van der Waals surface area (Å²) >= 11 is 1.61. The van der Waals surface area contributed by atoms with Gasteiger partial charge in [0.05, 0.1) is 0 Å². The molecular weight excluding hydrogens is 144 g/mol. The van der Waals surface area contributed by atoms with Crippen molar-refractivity contribution in [2.75, 3.05) is 0 Å². The van der Waals surface area contributed by atoms with Crippen molar-refractivity contribution in [1.82, 2.24) is 4.98 Å². The standard InChI is InChI=1S/C7H10N2S/c1-6(8)2-3-7-9-4-5-10-7/h2-6H,8H2,1H3/b3-2+. The van der Waals surface area contributed by atoms with Crippen molar-refractivity contribution in [2.24, 2.45) is 5.73 Å². The second-order valence-electron chi connectivity index (χ2n) is 2.09. The number of nitrogens with two attached hydrogens (primary N) is 1. The second kappa shape index (κ2) is 3.49. The summed E-state index contributed by atoms with van der Waals surface area (Å²) in [5, 5.41) is 2.96. The zero-order valence-electron chi connectivity index (χ0n) is 5.82. The lowest BCUT2D eigenvalue weighted by Crippen LogP contribution is -2.09. The van der Waals surface area contributed by atoms with E-state index in [1.54, 1.807) is 17.5 Å². The second-order valence-corrected chi connectivity index (χ2v) is 3.01. The molecule has 1 rings (SSSR count).